The molecule has 0 fully saturated rings. The zero-order valence-electron chi connectivity index (χ0n) is 7.33. The number of aliphatic hydroxyl groups excluding tert-OH is 1. The van der Waals surface area contributed by atoms with Crippen molar-refractivity contribution in [3.8, 4) is 0 Å². The Morgan fingerprint density at radius 3 is 2.79 bits per heavy atom. The summed E-state index contributed by atoms with van der Waals surface area (Å²) in [6, 6.07) is 4.05. The maximum Gasteiger partial charge on any atom is 0.0696 e. The van der Waals surface area contributed by atoms with Crippen LogP contribution < -0.4 is 0 Å². The summed E-state index contributed by atoms with van der Waals surface area (Å²) >= 11 is 9.49. The van der Waals surface area contributed by atoms with E-state index in [0.29, 0.717) is 0 Å². The molecule has 1 nitrogen and oxygen atoms in total. The van der Waals surface area contributed by atoms with Crippen molar-refractivity contribution in [1.29, 1.82) is 0 Å². The molecule has 0 unspecified atom stereocenters. The molecule has 0 aliphatic carbocycles. The highest BCUT2D eigenvalue weighted by molar-refractivity contribution is 9.08. The molecule has 4 heteroatoms. The smallest absolute Gasteiger partial charge is 0.0696 e. The predicted octanol–water partition coefficient (Wildman–Crippen LogP) is 3.58. The lowest BCUT2D eigenvalue weighted by molar-refractivity contribution is 0.283. The van der Waals surface area contributed by atoms with Gasteiger partial charge in [0.15, 0.2) is 0 Å². The number of thiol groups is 1. The van der Waals surface area contributed by atoms with Crippen molar-refractivity contribution in [3.63, 3.8) is 0 Å². The molecule has 0 spiro atoms. The minimum Gasteiger partial charge on any atom is -0.392 e. The number of halogens is 1. The Kier molecular flexibility index (Phi) is 3.17. The second-order valence-electron chi connectivity index (χ2n) is 3.00. The average Bonchev–Trinajstić information content (AvgIpc) is 2.63. The highest BCUT2D eigenvalue weighted by atomic mass is 79.9. The topological polar surface area (TPSA) is 20.2 Å². The molecule has 0 amide bonds. The number of alkyl halides is 1. The third-order valence-corrected chi connectivity index (χ3v) is 4.37. The molecule has 2 aromatic rings. The largest absolute Gasteiger partial charge is 0.392 e. The van der Waals surface area contributed by atoms with Crippen LogP contribution in [0.4, 0.5) is 0 Å². The number of thiophene rings is 1. The van der Waals surface area contributed by atoms with Crippen LogP contribution in [0, 0.1) is 0 Å². The van der Waals surface area contributed by atoms with Crippen LogP contribution >= 0.6 is 39.9 Å². The Balaban J connectivity index is 2.82. The lowest BCUT2D eigenvalue weighted by Gasteiger charge is -2.03. The minimum absolute atomic E-state index is 0.0945. The zero-order valence-corrected chi connectivity index (χ0v) is 10.6. The first-order valence-corrected chi connectivity index (χ1v) is 6.60. The molecular weight excluding hydrogens is 280 g/mol. The Morgan fingerprint density at radius 1 is 1.36 bits per heavy atom. The standard InChI is InChI=1S/C10H9BrOS2/c11-3-6-1-2-8(13)10-9(6)7(4-12)5-14-10/h1-2,5,12-13H,3-4H2. The summed E-state index contributed by atoms with van der Waals surface area (Å²) in [7, 11) is 0. The number of hydrogen-bond acceptors (Lipinski definition) is 3. The van der Waals surface area contributed by atoms with Crippen molar-refractivity contribution in [3.05, 3.63) is 28.6 Å². The summed E-state index contributed by atoms with van der Waals surface area (Å²) < 4.78 is 1.16. The third kappa shape index (κ3) is 1.60. The molecule has 0 aliphatic heterocycles. The van der Waals surface area contributed by atoms with Gasteiger partial charge in [0.2, 0.25) is 0 Å². The first-order chi connectivity index (χ1) is 6.77. The van der Waals surface area contributed by atoms with Crippen LogP contribution in [-0.2, 0) is 11.9 Å². The second kappa shape index (κ2) is 4.23. The highest BCUT2D eigenvalue weighted by Crippen LogP contribution is 2.34. The second-order valence-corrected chi connectivity index (χ2v) is 4.92. The normalized spacial score (nSPS) is 11.1. The molecule has 1 N–H and O–H groups in total. The Labute approximate surface area is 100 Å². The molecule has 0 saturated heterocycles. The van der Waals surface area contributed by atoms with Crippen LogP contribution in [0.15, 0.2) is 22.4 Å². The van der Waals surface area contributed by atoms with Crippen molar-refractivity contribution >= 4 is 50.0 Å². The van der Waals surface area contributed by atoms with E-state index in [1.54, 1.807) is 11.3 Å². The molecular formula is C10H9BrOS2. The number of aliphatic hydroxyl groups is 1. The zero-order chi connectivity index (χ0) is 10.1. The molecule has 1 aromatic carbocycles. The van der Waals surface area contributed by atoms with Gasteiger partial charge in [-0.1, -0.05) is 22.0 Å². The molecule has 0 bridgehead atoms. The van der Waals surface area contributed by atoms with E-state index in [4.69, 9.17) is 0 Å². The quantitative estimate of drug-likeness (QED) is 0.639. The molecule has 0 radical (unpaired) electrons. The number of fused-ring (bicyclic) bond motifs is 1. The number of hydrogen-bond donors (Lipinski definition) is 2. The fourth-order valence-corrected chi connectivity index (χ4v) is 3.33. The van der Waals surface area contributed by atoms with E-state index in [-0.39, 0.29) is 6.61 Å². The van der Waals surface area contributed by atoms with E-state index in [0.717, 1.165) is 25.9 Å². The third-order valence-electron chi connectivity index (χ3n) is 2.18. The van der Waals surface area contributed by atoms with E-state index in [2.05, 4.69) is 28.6 Å². The van der Waals surface area contributed by atoms with Crippen LogP contribution in [0.5, 0.6) is 0 Å². The summed E-state index contributed by atoms with van der Waals surface area (Å²) in [5, 5.41) is 13.2. The van der Waals surface area contributed by atoms with Crippen molar-refractivity contribution in [2.45, 2.75) is 16.8 Å². The summed E-state index contributed by atoms with van der Waals surface area (Å²) in [4.78, 5) is 0.981. The van der Waals surface area contributed by atoms with Crippen molar-refractivity contribution in [1.82, 2.24) is 0 Å². The number of rotatable bonds is 2. The molecule has 2 rings (SSSR count). The summed E-state index contributed by atoms with van der Waals surface area (Å²) in [5.41, 5.74) is 2.21. The van der Waals surface area contributed by atoms with Gasteiger partial charge in [0.1, 0.15) is 0 Å². The van der Waals surface area contributed by atoms with Gasteiger partial charge in [-0.05, 0) is 22.6 Å². The van der Waals surface area contributed by atoms with E-state index in [1.807, 2.05) is 17.5 Å². The summed E-state index contributed by atoms with van der Waals surface area (Å²) in [5.74, 6) is 0. The molecule has 1 aromatic heterocycles. The molecule has 1 heterocycles. The van der Waals surface area contributed by atoms with E-state index < -0.39 is 0 Å². The number of benzene rings is 1. The molecule has 74 valence electrons. The van der Waals surface area contributed by atoms with Gasteiger partial charge < -0.3 is 5.11 Å². The molecule has 0 saturated carbocycles. The minimum atomic E-state index is 0.0945. The lowest BCUT2D eigenvalue weighted by Crippen LogP contribution is -1.85. The van der Waals surface area contributed by atoms with Crippen molar-refractivity contribution < 1.29 is 5.11 Å². The van der Waals surface area contributed by atoms with Crippen LogP contribution in [0.25, 0.3) is 10.1 Å². The van der Waals surface area contributed by atoms with Crippen molar-refractivity contribution in [2.75, 3.05) is 0 Å². The highest BCUT2D eigenvalue weighted by Gasteiger charge is 2.09. The lowest BCUT2D eigenvalue weighted by atomic mass is 10.1. The van der Waals surface area contributed by atoms with Crippen molar-refractivity contribution in [2.24, 2.45) is 0 Å². The van der Waals surface area contributed by atoms with Gasteiger partial charge in [-0.3, -0.25) is 0 Å². The molecule has 0 atom stereocenters. The fourth-order valence-electron chi connectivity index (χ4n) is 1.50. The molecule has 14 heavy (non-hydrogen) atoms. The van der Waals surface area contributed by atoms with Gasteiger partial charge in [0.05, 0.1) is 6.61 Å². The van der Waals surface area contributed by atoms with Crippen LogP contribution in [-0.4, -0.2) is 5.11 Å². The van der Waals surface area contributed by atoms with Crippen LogP contribution in [0.3, 0.4) is 0 Å². The average molecular weight is 289 g/mol. The van der Waals surface area contributed by atoms with Gasteiger partial charge in [0.25, 0.3) is 0 Å². The first-order valence-electron chi connectivity index (χ1n) is 4.15. The maximum absolute atomic E-state index is 9.20. The van der Waals surface area contributed by atoms with E-state index in [9.17, 15) is 5.11 Å². The van der Waals surface area contributed by atoms with Gasteiger partial charge in [0, 0.05) is 20.3 Å². The SMILES string of the molecule is OCc1csc2c(S)ccc(CBr)c12. The van der Waals surface area contributed by atoms with Crippen LogP contribution in [0.2, 0.25) is 0 Å². The van der Waals surface area contributed by atoms with Gasteiger partial charge in [-0.2, -0.15) is 0 Å². The fraction of sp³-hybridized carbons (Fsp3) is 0.200. The Hall–Kier alpha value is -0.0300. The van der Waals surface area contributed by atoms with E-state index in [1.165, 1.54) is 5.56 Å². The maximum atomic E-state index is 9.20. The predicted molar refractivity (Wildman–Crippen MR) is 67.6 cm³/mol. The Morgan fingerprint density at radius 2 is 2.14 bits per heavy atom. The van der Waals surface area contributed by atoms with Crippen LogP contribution in [0.1, 0.15) is 11.1 Å². The Bertz CT molecular complexity index is 464. The van der Waals surface area contributed by atoms with Gasteiger partial charge >= 0.3 is 0 Å². The van der Waals surface area contributed by atoms with Gasteiger partial charge in [-0.25, -0.2) is 0 Å². The first kappa shape index (κ1) is 10.5. The summed E-state index contributed by atoms with van der Waals surface area (Å²) in [6.07, 6.45) is 0. The summed E-state index contributed by atoms with van der Waals surface area (Å²) in [6.45, 7) is 0.0945. The molecule has 0 aliphatic rings. The van der Waals surface area contributed by atoms with Gasteiger partial charge in [-0.15, -0.1) is 24.0 Å². The van der Waals surface area contributed by atoms with E-state index >= 15 is 0 Å². The monoisotopic (exact) mass is 288 g/mol.